The summed E-state index contributed by atoms with van der Waals surface area (Å²) in [5.74, 6) is 0. The summed E-state index contributed by atoms with van der Waals surface area (Å²) in [5, 5.41) is 0.641. The minimum absolute atomic E-state index is 0.641. The van der Waals surface area contributed by atoms with E-state index >= 15 is 0 Å². The smallest absolute Gasteiger partial charge is 0.112 e. The van der Waals surface area contributed by atoms with Crippen molar-refractivity contribution in [3.63, 3.8) is 0 Å². The second-order valence-electron chi connectivity index (χ2n) is 2.08. The lowest BCUT2D eigenvalue weighted by Crippen LogP contribution is -1.90. The van der Waals surface area contributed by atoms with Crippen LogP contribution < -0.4 is 0 Å². The number of thiophene rings is 1. The number of rotatable bonds is 3. The van der Waals surface area contributed by atoms with E-state index in [1.54, 1.807) is 7.11 Å². The van der Waals surface area contributed by atoms with Gasteiger partial charge in [-0.1, -0.05) is 23.2 Å². The van der Waals surface area contributed by atoms with Gasteiger partial charge in [-0.2, -0.15) is 0 Å². The highest BCUT2D eigenvalue weighted by molar-refractivity contribution is 7.16. The van der Waals surface area contributed by atoms with E-state index in [9.17, 15) is 0 Å². The zero-order chi connectivity index (χ0) is 8.27. The Kier molecular flexibility index (Phi) is 3.66. The van der Waals surface area contributed by atoms with Gasteiger partial charge in [0, 0.05) is 18.4 Å². The Labute approximate surface area is 79.9 Å². The predicted molar refractivity (Wildman–Crippen MR) is 49.9 cm³/mol. The molecule has 4 heteroatoms. The Balaban J connectivity index is 2.58. The maximum atomic E-state index is 5.75. The molecule has 0 radical (unpaired) electrons. The summed E-state index contributed by atoms with van der Waals surface area (Å²) in [6, 6.07) is 1.88. The molecule has 11 heavy (non-hydrogen) atoms. The zero-order valence-electron chi connectivity index (χ0n) is 6.06. The summed E-state index contributed by atoms with van der Waals surface area (Å²) in [6.07, 6.45) is 0.883. The average molecular weight is 211 g/mol. The van der Waals surface area contributed by atoms with Crippen molar-refractivity contribution in [1.29, 1.82) is 0 Å². The van der Waals surface area contributed by atoms with Gasteiger partial charge >= 0.3 is 0 Å². The van der Waals surface area contributed by atoms with Gasteiger partial charge in [0.15, 0.2) is 0 Å². The summed E-state index contributed by atoms with van der Waals surface area (Å²) >= 11 is 13.0. The third kappa shape index (κ3) is 2.64. The first-order valence-electron chi connectivity index (χ1n) is 3.16. The van der Waals surface area contributed by atoms with Crippen molar-refractivity contribution in [3.8, 4) is 0 Å². The molecular formula is C7H8Cl2OS. The van der Waals surface area contributed by atoms with Gasteiger partial charge in [0.1, 0.15) is 4.34 Å². The van der Waals surface area contributed by atoms with Crippen LogP contribution in [0.5, 0.6) is 0 Å². The molecule has 62 valence electrons. The Morgan fingerprint density at radius 2 is 2.27 bits per heavy atom. The Hall–Kier alpha value is 0.240. The lowest BCUT2D eigenvalue weighted by atomic mass is 10.4. The van der Waals surface area contributed by atoms with Gasteiger partial charge < -0.3 is 4.74 Å². The number of hydrogen-bond acceptors (Lipinski definition) is 2. The molecule has 0 unspecified atom stereocenters. The van der Waals surface area contributed by atoms with Crippen molar-refractivity contribution >= 4 is 34.5 Å². The Morgan fingerprint density at radius 1 is 1.55 bits per heavy atom. The minimum atomic E-state index is 0.641. The van der Waals surface area contributed by atoms with E-state index in [2.05, 4.69) is 0 Å². The van der Waals surface area contributed by atoms with Crippen LogP contribution in [0.25, 0.3) is 0 Å². The molecule has 0 amide bonds. The fraction of sp³-hybridized carbons (Fsp3) is 0.429. The summed E-state index contributed by atoms with van der Waals surface area (Å²) in [6.45, 7) is 0.715. The van der Waals surface area contributed by atoms with E-state index in [0.29, 0.717) is 16.0 Å². The van der Waals surface area contributed by atoms with Gasteiger partial charge in [-0.3, -0.25) is 0 Å². The molecule has 1 aromatic rings. The first kappa shape index (κ1) is 9.33. The zero-order valence-corrected chi connectivity index (χ0v) is 8.39. The van der Waals surface area contributed by atoms with Crippen molar-refractivity contribution in [1.82, 2.24) is 0 Å². The predicted octanol–water partition coefficient (Wildman–Crippen LogP) is 3.24. The molecule has 0 aliphatic heterocycles. The summed E-state index contributed by atoms with van der Waals surface area (Å²) < 4.78 is 5.58. The average Bonchev–Trinajstić information content (AvgIpc) is 2.28. The largest absolute Gasteiger partial charge is 0.384 e. The van der Waals surface area contributed by atoms with Gasteiger partial charge in [-0.05, 0) is 6.07 Å². The van der Waals surface area contributed by atoms with E-state index in [0.717, 1.165) is 6.42 Å². The van der Waals surface area contributed by atoms with Crippen molar-refractivity contribution in [2.24, 2.45) is 0 Å². The summed E-state index contributed by atoms with van der Waals surface area (Å²) in [7, 11) is 1.68. The van der Waals surface area contributed by atoms with Crippen LogP contribution in [0.2, 0.25) is 9.36 Å². The number of hydrogen-bond donors (Lipinski definition) is 0. The molecule has 0 aliphatic carbocycles. The monoisotopic (exact) mass is 210 g/mol. The second kappa shape index (κ2) is 4.31. The van der Waals surface area contributed by atoms with Crippen molar-refractivity contribution in [3.05, 3.63) is 20.3 Å². The van der Waals surface area contributed by atoms with E-state index in [1.807, 2.05) is 6.07 Å². The van der Waals surface area contributed by atoms with Crippen LogP contribution in [0, 0.1) is 0 Å². The van der Waals surface area contributed by atoms with Gasteiger partial charge in [-0.15, -0.1) is 11.3 Å². The topological polar surface area (TPSA) is 9.23 Å². The van der Waals surface area contributed by atoms with E-state index in [4.69, 9.17) is 27.9 Å². The molecule has 0 aliphatic rings. The number of halogens is 2. The van der Waals surface area contributed by atoms with Crippen LogP contribution in [0.1, 0.15) is 4.88 Å². The van der Waals surface area contributed by atoms with Crippen LogP contribution in [-0.4, -0.2) is 13.7 Å². The maximum Gasteiger partial charge on any atom is 0.112 e. The molecule has 0 fully saturated rings. The quantitative estimate of drug-likeness (QED) is 0.745. The molecule has 1 heterocycles. The van der Waals surface area contributed by atoms with E-state index in [1.165, 1.54) is 16.2 Å². The minimum Gasteiger partial charge on any atom is -0.384 e. The third-order valence-corrected chi connectivity index (χ3v) is 3.17. The number of ether oxygens (including phenoxy) is 1. The van der Waals surface area contributed by atoms with Gasteiger partial charge in [0.05, 0.1) is 11.6 Å². The van der Waals surface area contributed by atoms with E-state index < -0.39 is 0 Å². The highest BCUT2D eigenvalue weighted by Gasteiger charge is 2.03. The van der Waals surface area contributed by atoms with Crippen LogP contribution in [-0.2, 0) is 11.2 Å². The molecule has 0 bridgehead atoms. The highest BCUT2D eigenvalue weighted by Crippen LogP contribution is 2.31. The molecule has 0 spiro atoms. The third-order valence-electron chi connectivity index (χ3n) is 1.25. The lowest BCUT2D eigenvalue weighted by molar-refractivity contribution is 0.203. The maximum absolute atomic E-state index is 5.75. The first-order chi connectivity index (χ1) is 5.24. The van der Waals surface area contributed by atoms with Crippen LogP contribution >= 0.6 is 34.5 Å². The van der Waals surface area contributed by atoms with E-state index in [-0.39, 0.29) is 0 Å². The first-order valence-corrected chi connectivity index (χ1v) is 4.74. The van der Waals surface area contributed by atoms with Crippen molar-refractivity contribution in [2.45, 2.75) is 6.42 Å². The summed E-state index contributed by atoms with van der Waals surface area (Å²) in [5.41, 5.74) is 0. The molecule has 0 saturated carbocycles. The van der Waals surface area contributed by atoms with Crippen LogP contribution in [0.3, 0.4) is 0 Å². The Bertz CT molecular complexity index is 215. The lowest BCUT2D eigenvalue weighted by Gasteiger charge is -1.92. The highest BCUT2D eigenvalue weighted by atomic mass is 35.5. The fourth-order valence-corrected chi connectivity index (χ4v) is 2.13. The molecule has 0 atom stereocenters. The normalized spacial score (nSPS) is 10.5. The molecule has 1 nitrogen and oxygen atoms in total. The SMILES string of the molecule is COCCc1cc(Cl)c(Cl)s1. The Morgan fingerprint density at radius 3 is 2.73 bits per heavy atom. The summed E-state index contributed by atoms with van der Waals surface area (Å²) in [4.78, 5) is 1.17. The van der Waals surface area contributed by atoms with Crippen molar-refractivity contribution in [2.75, 3.05) is 13.7 Å². The molecule has 0 N–H and O–H groups in total. The standard InChI is InChI=1S/C7H8Cl2OS/c1-10-3-2-5-4-6(8)7(9)11-5/h4H,2-3H2,1H3. The second-order valence-corrected chi connectivity index (χ2v) is 4.22. The fourth-order valence-electron chi connectivity index (χ4n) is 0.717. The molecule has 1 rings (SSSR count). The van der Waals surface area contributed by atoms with Gasteiger partial charge in [-0.25, -0.2) is 0 Å². The molecule has 0 saturated heterocycles. The molecule has 0 aromatic carbocycles. The van der Waals surface area contributed by atoms with Crippen LogP contribution in [0.15, 0.2) is 6.07 Å². The molecular weight excluding hydrogens is 203 g/mol. The number of methoxy groups -OCH3 is 1. The molecule has 1 aromatic heterocycles. The van der Waals surface area contributed by atoms with Crippen molar-refractivity contribution < 1.29 is 4.74 Å². The van der Waals surface area contributed by atoms with Crippen LogP contribution in [0.4, 0.5) is 0 Å². The van der Waals surface area contributed by atoms with Gasteiger partial charge in [0.25, 0.3) is 0 Å². The van der Waals surface area contributed by atoms with Gasteiger partial charge in [0.2, 0.25) is 0 Å².